The number of carbonyl (C=O) groups excluding carboxylic acids is 1. The predicted octanol–water partition coefficient (Wildman–Crippen LogP) is 1.45. The summed E-state index contributed by atoms with van der Waals surface area (Å²) in [4.78, 5) is 11.8. The molecule has 0 aliphatic heterocycles. The van der Waals surface area contributed by atoms with Crippen LogP contribution in [-0.4, -0.2) is 31.5 Å². The lowest BCUT2D eigenvalue weighted by Crippen LogP contribution is -2.47. The fourth-order valence-electron chi connectivity index (χ4n) is 1.76. The van der Waals surface area contributed by atoms with Gasteiger partial charge in [0.1, 0.15) is 10.1 Å². The summed E-state index contributed by atoms with van der Waals surface area (Å²) in [6.07, 6.45) is 3.64. The first-order chi connectivity index (χ1) is 8.03. The minimum Gasteiger partial charge on any atom is -0.354 e. The average Bonchev–Trinajstić information content (AvgIpc) is 2.57. The number of hydrogen-bond donors (Lipinski definition) is 2. The fraction of sp³-hybridized carbons (Fsp3) is 0.700. The zero-order valence-corrected chi connectivity index (χ0v) is 12.0. The van der Waals surface area contributed by atoms with E-state index < -0.39 is 0 Å². The number of carbonyl (C=O) groups is 1. The van der Waals surface area contributed by atoms with Crippen LogP contribution in [0.2, 0.25) is 0 Å². The van der Waals surface area contributed by atoms with E-state index in [9.17, 15) is 4.79 Å². The first-order valence-corrected chi connectivity index (χ1v) is 6.80. The quantitative estimate of drug-likeness (QED) is 0.652. The maximum absolute atomic E-state index is 11.8. The first kappa shape index (κ1) is 12.8. The molecule has 1 aromatic rings. The Balaban J connectivity index is 1.82. The Labute approximate surface area is 113 Å². The van der Waals surface area contributed by atoms with Crippen LogP contribution in [0.15, 0.2) is 0 Å². The van der Waals surface area contributed by atoms with Gasteiger partial charge in [-0.15, -0.1) is 0 Å². The molecule has 0 atom stereocenters. The van der Waals surface area contributed by atoms with Gasteiger partial charge in [0, 0.05) is 20.0 Å². The van der Waals surface area contributed by atoms with Gasteiger partial charge in [-0.1, -0.05) is 15.9 Å². The molecule has 0 radical (unpaired) electrons. The molecule has 1 aromatic heterocycles. The van der Waals surface area contributed by atoms with Crippen LogP contribution in [0.25, 0.3) is 0 Å². The van der Waals surface area contributed by atoms with E-state index in [4.69, 9.17) is 12.2 Å². The number of alkyl halides is 1. The number of nitrogens with one attached hydrogen (secondary N) is 2. The monoisotopic (exact) mass is 318 g/mol. The SMILES string of the molecule is Cn1c(CCNC(=O)C2(Br)CCC2)n[nH]c1=S. The number of H-pyrrole nitrogens is 1. The third-order valence-corrected chi connectivity index (χ3v) is 4.68. The van der Waals surface area contributed by atoms with Crippen molar-refractivity contribution in [2.75, 3.05) is 6.54 Å². The van der Waals surface area contributed by atoms with E-state index in [2.05, 4.69) is 31.4 Å². The van der Waals surface area contributed by atoms with Crippen molar-refractivity contribution in [2.24, 2.45) is 7.05 Å². The van der Waals surface area contributed by atoms with Crippen molar-refractivity contribution in [3.63, 3.8) is 0 Å². The highest BCUT2D eigenvalue weighted by Crippen LogP contribution is 2.40. The van der Waals surface area contributed by atoms with Gasteiger partial charge in [-0.05, 0) is 31.5 Å². The molecule has 2 N–H and O–H groups in total. The van der Waals surface area contributed by atoms with E-state index in [1.165, 1.54) is 0 Å². The molecule has 17 heavy (non-hydrogen) atoms. The van der Waals surface area contributed by atoms with Crippen LogP contribution < -0.4 is 5.32 Å². The number of amides is 1. The molecule has 1 fully saturated rings. The summed E-state index contributed by atoms with van der Waals surface area (Å²) in [5, 5.41) is 9.74. The van der Waals surface area contributed by atoms with E-state index in [1.807, 2.05) is 11.6 Å². The smallest absolute Gasteiger partial charge is 0.236 e. The lowest BCUT2D eigenvalue weighted by molar-refractivity contribution is -0.125. The number of aromatic nitrogens is 3. The van der Waals surface area contributed by atoms with Gasteiger partial charge in [-0.25, -0.2) is 0 Å². The Morgan fingerprint density at radius 3 is 2.88 bits per heavy atom. The van der Waals surface area contributed by atoms with Crippen LogP contribution in [0.1, 0.15) is 25.1 Å². The molecule has 1 saturated carbocycles. The second-order valence-corrected chi connectivity index (χ2v) is 6.23. The zero-order chi connectivity index (χ0) is 12.5. The van der Waals surface area contributed by atoms with E-state index in [1.54, 1.807) is 0 Å². The Kier molecular flexibility index (Phi) is 3.67. The van der Waals surface area contributed by atoms with Crippen molar-refractivity contribution in [1.82, 2.24) is 20.1 Å². The van der Waals surface area contributed by atoms with Crippen LogP contribution in [-0.2, 0) is 18.3 Å². The third kappa shape index (κ3) is 2.60. The van der Waals surface area contributed by atoms with Gasteiger partial charge < -0.3 is 9.88 Å². The van der Waals surface area contributed by atoms with E-state index in [-0.39, 0.29) is 10.2 Å². The maximum atomic E-state index is 11.8. The summed E-state index contributed by atoms with van der Waals surface area (Å²) in [6.45, 7) is 0.583. The van der Waals surface area contributed by atoms with Crippen LogP contribution in [0, 0.1) is 4.77 Å². The Hall–Kier alpha value is -0.690. The summed E-state index contributed by atoms with van der Waals surface area (Å²) in [7, 11) is 1.86. The molecule has 0 aromatic carbocycles. The molecular formula is C10H15BrN4OS. The van der Waals surface area contributed by atoms with E-state index >= 15 is 0 Å². The largest absolute Gasteiger partial charge is 0.354 e. The normalized spacial score (nSPS) is 17.5. The highest BCUT2D eigenvalue weighted by molar-refractivity contribution is 9.10. The van der Waals surface area contributed by atoms with Crippen molar-refractivity contribution in [2.45, 2.75) is 30.0 Å². The van der Waals surface area contributed by atoms with Crippen molar-refractivity contribution < 1.29 is 4.79 Å². The summed E-state index contributed by atoms with van der Waals surface area (Å²) in [5.41, 5.74) is 0. The molecule has 0 saturated heterocycles. The predicted molar refractivity (Wildman–Crippen MR) is 70.6 cm³/mol. The van der Waals surface area contributed by atoms with Gasteiger partial charge in [0.15, 0.2) is 4.77 Å². The van der Waals surface area contributed by atoms with E-state index in [0.717, 1.165) is 25.1 Å². The second-order valence-electron chi connectivity index (χ2n) is 4.33. The Morgan fingerprint density at radius 2 is 2.41 bits per heavy atom. The molecule has 1 aliphatic rings. The minimum absolute atomic E-state index is 0.0838. The topological polar surface area (TPSA) is 62.7 Å². The molecular weight excluding hydrogens is 304 g/mol. The lowest BCUT2D eigenvalue weighted by Gasteiger charge is -2.34. The molecule has 2 rings (SSSR count). The van der Waals surface area contributed by atoms with Gasteiger partial charge in [0.05, 0.1) is 0 Å². The lowest BCUT2D eigenvalue weighted by atomic mass is 9.84. The van der Waals surface area contributed by atoms with Gasteiger partial charge in [0.25, 0.3) is 0 Å². The summed E-state index contributed by atoms with van der Waals surface area (Å²) in [5.74, 6) is 0.938. The molecule has 0 spiro atoms. The number of rotatable bonds is 4. The number of halogens is 1. The van der Waals surface area contributed by atoms with Crippen LogP contribution in [0.4, 0.5) is 0 Å². The maximum Gasteiger partial charge on any atom is 0.236 e. The molecule has 0 bridgehead atoms. The molecule has 94 valence electrons. The minimum atomic E-state index is -0.316. The van der Waals surface area contributed by atoms with Crippen LogP contribution in [0.3, 0.4) is 0 Å². The molecule has 1 amide bonds. The highest BCUT2D eigenvalue weighted by atomic mass is 79.9. The van der Waals surface area contributed by atoms with Crippen molar-refractivity contribution in [3.05, 3.63) is 10.6 Å². The number of hydrogen-bond acceptors (Lipinski definition) is 3. The van der Waals surface area contributed by atoms with Gasteiger partial charge in [-0.3, -0.25) is 9.89 Å². The fourth-order valence-corrected chi connectivity index (χ4v) is 2.62. The molecule has 0 unspecified atom stereocenters. The number of aromatic amines is 1. The van der Waals surface area contributed by atoms with Crippen molar-refractivity contribution in [1.29, 1.82) is 0 Å². The molecule has 7 heteroatoms. The molecule has 1 heterocycles. The summed E-state index contributed by atoms with van der Waals surface area (Å²) in [6, 6.07) is 0. The Bertz CT molecular complexity index is 477. The molecule has 1 aliphatic carbocycles. The zero-order valence-electron chi connectivity index (χ0n) is 9.62. The van der Waals surface area contributed by atoms with E-state index in [0.29, 0.717) is 17.7 Å². The van der Waals surface area contributed by atoms with Crippen molar-refractivity contribution in [3.8, 4) is 0 Å². The second kappa shape index (κ2) is 4.89. The van der Waals surface area contributed by atoms with Crippen LogP contribution in [0.5, 0.6) is 0 Å². The molecule has 5 nitrogen and oxygen atoms in total. The standard InChI is InChI=1S/C10H15BrN4OS/c1-15-7(13-14-9(15)17)3-6-12-8(16)10(11)4-2-5-10/h2-6H2,1H3,(H,12,16)(H,14,17). The Morgan fingerprint density at radius 1 is 1.71 bits per heavy atom. The van der Waals surface area contributed by atoms with Gasteiger partial charge in [0.2, 0.25) is 5.91 Å². The average molecular weight is 319 g/mol. The van der Waals surface area contributed by atoms with Gasteiger partial charge >= 0.3 is 0 Å². The third-order valence-electron chi connectivity index (χ3n) is 3.16. The summed E-state index contributed by atoms with van der Waals surface area (Å²) >= 11 is 8.50. The highest BCUT2D eigenvalue weighted by Gasteiger charge is 2.41. The number of nitrogens with zero attached hydrogens (tertiary/aromatic N) is 2. The first-order valence-electron chi connectivity index (χ1n) is 5.60. The van der Waals surface area contributed by atoms with Crippen LogP contribution >= 0.6 is 28.1 Å². The summed E-state index contributed by atoms with van der Waals surface area (Å²) < 4.78 is 2.10. The van der Waals surface area contributed by atoms with Crippen molar-refractivity contribution >= 4 is 34.1 Å². The van der Waals surface area contributed by atoms with Gasteiger partial charge in [-0.2, -0.15) is 5.10 Å².